The van der Waals surface area contributed by atoms with Gasteiger partial charge in [-0.3, -0.25) is 9.97 Å². The minimum atomic E-state index is -3.72. The Morgan fingerprint density at radius 3 is 2.60 bits per heavy atom. The summed E-state index contributed by atoms with van der Waals surface area (Å²) >= 11 is 0. The van der Waals surface area contributed by atoms with Crippen molar-refractivity contribution in [2.24, 2.45) is 5.14 Å². The second-order valence-electron chi connectivity index (χ2n) is 4.51. The molecule has 2 aromatic rings. The van der Waals surface area contributed by atoms with Crippen LogP contribution in [-0.2, 0) is 16.6 Å². The quantitative estimate of drug-likeness (QED) is 0.886. The smallest absolute Gasteiger partial charge is 0.238 e. The van der Waals surface area contributed by atoms with E-state index in [0.29, 0.717) is 6.54 Å². The minimum Gasteiger partial charge on any atom is -0.379 e. The van der Waals surface area contributed by atoms with Gasteiger partial charge in [0.1, 0.15) is 0 Å². The highest BCUT2D eigenvalue weighted by Gasteiger charge is 2.12. The molecule has 0 radical (unpaired) electrons. The lowest BCUT2D eigenvalue weighted by molar-refractivity contribution is 0.597. The van der Waals surface area contributed by atoms with E-state index < -0.39 is 10.0 Å². The number of nitrogens with two attached hydrogens (primary N) is 1. The van der Waals surface area contributed by atoms with Gasteiger partial charge in [-0.1, -0.05) is 0 Å². The number of nitrogens with zero attached hydrogens (tertiary/aromatic N) is 2. The summed E-state index contributed by atoms with van der Waals surface area (Å²) in [5, 5.41) is 8.33. The number of anilines is 1. The highest BCUT2D eigenvalue weighted by molar-refractivity contribution is 7.89. The van der Waals surface area contributed by atoms with E-state index >= 15 is 0 Å². The van der Waals surface area contributed by atoms with Crippen molar-refractivity contribution in [2.75, 3.05) is 5.32 Å². The Balaban J connectivity index is 2.29. The highest BCUT2D eigenvalue weighted by Crippen LogP contribution is 2.23. The van der Waals surface area contributed by atoms with Crippen molar-refractivity contribution in [3.05, 3.63) is 47.5 Å². The molecule has 2 rings (SSSR count). The fourth-order valence-electron chi connectivity index (χ4n) is 1.78. The van der Waals surface area contributed by atoms with Gasteiger partial charge in [0, 0.05) is 18.1 Å². The molecule has 106 valence electrons. The molecule has 3 N–H and O–H groups in total. The van der Waals surface area contributed by atoms with Crippen molar-refractivity contribution in [1.82, 2.24) is 9.97 Å². The Morgan fingerprint density at radius 1 is 1.25 bits per heavy atom. The van der Waals surface area contributed by atoms with Crippen molar-refractivity contribution in [3.8, 4) is 0 Å². The van der Waals surface area contributed by atoms with Crippen LogP contribution in [0.5, 0.6) is 0 Å². The summed E-state index contributed by atoms with van der Waals surface area (Å²) < 4.78 is 22.9. The fourth-order valence-corrected chi connectivity index (χ4v) is 2.40. The molecule has 0 aliphatic rings. The van der Waals surface area contributed by atoms with E-state index in [2.05, 4.69) is 15.3 Å². The molecule has 0 atom stereocenters. The van der Waals surface area contributed by atoms with Crippen molar-refractivity contribution < 1.29 is 8.42 Å². The molecule has 0 aliphatic heterocycles. The number of primary sulfonamides is 1. The lowest BCUT2D eigenvalue weighted by atomic mass is 10.1. The van der Waals surface area contributed by atoms with Gasteiger partial charge in [0.25, 0.3) is 0 Å². The number of aromatic nitrogens is 2. The summed E-state index contributed by atoms with van der Waals surface area (Å²) in [4.78, 5) is 8.22. The first kappa shape index (κ1) is 14.4. The van der Waals surface area contributed by atoms with Crippen LogP contribution in [0.4, 0.5) is 5.69 Å². The molecule has 0 saturated carbocycles. The van der Waals surface area contributed by atoms with Crippen molar-refractivity contribution in [2.45, 2.75) is 25.3 Å². The van der Waals surface area contributed by atoms with Gasteiger partial charge < -0.3 is 5.32 Å². The van der Waals surface area contributed by atoms with Gasteiger partial charge >= 0.3 is 0 Å². The van der Waals surface area contributed by atoms with Crippen LogP contribution in [0.1, 0.15) is 16.8 Å². The normalized spacial score (nSPS) is 11.3. The van der Waals surface area contributed by atoms with Crippen LogP contribution in [0, 0.1) is 13.8 Å². The molecule has 0 bridgehead atoms. The van der Waals surface area contributed by atoms with Crippen LogP contribution in [0.3, 0.4) is 0 Å². The maximum Gasteiger partial charge on any atom is 0.238 e. The molecule has 0 saturated heterocycles. The van der Waals surface area contributed by atoms with Gasteiger partial charge in [-0.2, -0.15) is 0 Å². The third kappa shape index (κ3) is 3.31. The molecule has 0 aliphatic carbocycles. The zero-order chi connectivity index (χ0) is 14.8. The number of sulfonamides is 1. The Labute approximate surface area is 118 Å². The average Bonchev–Trinajstić information content (AvgIpc) is 2.40. The zero-order valence-electron chi connectivity index (χ0n) is 11.3. The van der Waals surface area contributed by atoms with Crippen LogP contribution >= 0.6 is 0 Å². The lowest BCUT2D eigenvalue weighted by Gasteiger charge is -2.13. The standard InChI is InChI=1S/C13H16N4O2S/c1-9-5-12(20(14,18)19)6-13(10(9)2)17-8-11-7-15-3-4-16-11/h3-7,17H,8H2,1-2H3,(H2,14,18,19). The molecular weight excluding hydrogens is 276 g/mol. The van der Waals surface area contributed by atoms with Crippen molar-refractivity contribution in [3.63, 3.8) is 0 Å². The third-order valence-electron chi connectivity index (χ3n) is 3.05. The van der Waals surface area contributed by atoms with Gasteiger partial charge in [-0.05, 0) is 37.1 Å². The first-order chi connectivity index (χ1) is 9.38. The number of nitrogens with one attached hydrogen (secondary N) is 1. The second-order valence-corrected chi connectivity index (χ2v) is 6.07. The molecule has 20 heavy (non-hydrogen) atoms. The van der Waals surface area contributed by atoms with E-state index in [1.54, 1.807) is 24.7 Å². The summed E-state index contributed by atoms with van der Waals surface area (Å²) in [6, 6.07) is 3.10. The monoisotopic (exact) mass is 292 g/mol. The molecule has 1 aromatic heterocycles. The molecule has 0 amide bonds. The number of rotatable bonds is 4. The van der Waals surface area contributed by atoms with E-state index in [1.807, 2.05) is 13.8 Å². The molecule has 7 heteroatoms. The van der Waals surface area contributed by atoms with E-state index in [4.69, 9.17) is 5.14 Å². The van der Waals surface area contributed by atoms with E-state index in [0.717, 1.165) is 22.5 Å². The maximum absolute atomic E-state index is 11.5. The van der Waals surface area contributed by atoms with Crippen LogP contribution in [0.25, 0.3) is 0 Å². The van der Waals surface area contributed by atoms with Gasteiger partial charge in [-0.15, -0.1) is 0 Å². The van der Waals surface area contributed by atoms with Crippen LogP contribution in [-0.4, -0.2) is 18.4 Å². The first-order valence-corrected chi connectivity index (χ1v) is 7.55. The SMILES string of the molecule is Cc1cc(S(N)(=O)=O)cc(NCc2cnccn2)c1C. The molecule has 1 aromatic carbocycles. The number of hydrogen-bond donors (Lipinski definition) is 2. The zero-order valence-corrected chi connectivity index (χ0v) is 12.1. The maximum atomic E-state index is 11.5. The number of benzene rings is 1. The Hall–Kier alpha value is -1.99. The van der Waals surface area contributed by atoms with Gasteiger partial charge in [0.2, 0.25) is 10.0 Å². The first-order valence-electron chi connectivity index (χ1n) is 6.01. The van der Waals surface area contributed by atoms with Crippen molar-refractivity contribution in [1.29, 1.82) is 0 Å². The van der Waals surface area contributed by atoms with Crippen LogP contribution in [0.15, 0.2) is 35.6 Å². The topological polar surface area (TPSA) is 98.0 Å². The predicted molar refractivity (Wildman–Crippen MR) is 76.6 cm³/mol. The predicted octanol–water partition coefficient (Wildman–Crippen LogP) is 1.35. The van der Waals surface area contributed by atoms with Gasteiger partial charge in [-0.25, -0.2) is 13.6 Å². The molecule has 0 spiro atoms. The van der Waals surface area contributed by atoms with Crippen molar-refractivity contribution >= 4 is 15.7 Å². The largest absolute Gasteiger partial charge is 0.379 e. The third-order valence-corrected chi connectivity index (χ3v) is 3.94. The molecule has 6 nitrogen and oxygen atoms in total. The minimum absolute atomic E-state index is 0.0993. The molecule has 1 heterocycles. The molecule has 0 unspecified atom stereocenters. The summed E-state index contributed by atoms with van der Waals surface area (Å²) in [5.41, 5.74) is 3.32. The summed E-state index contributed by atoms with van der Waals surface area (Å²) in [6.45, 7) is 4.22. The van der Waals surface area contributed by atoms with Crippen LogP contribution < -0.4 is 10.5 Å². The Kier molecular flexibility index (Phi) is 4.01. The Bertz CT molecular complexity index is 715. The number of hydrogen-bond acceptors (Lipinski definition) is 5. The highest BCUT2D eigenvalue weighted by atomic mass is 32.2. The molecular formula is C13H16N4O2S. The second kappa shape index (κ2) is 5.56. The summed E-state index contributed by atoms with van der Waals surface area (Å²) in [7, 11) is -3.72. The molecule has 0 fully saturated rings. The lowest BCUT2D eigenvalue weighted by Crippen LogP contribution is -2.13. The average molecular weight is 292 g/mol. The van der Waals surface area contributed by atoms with Gasteiger partial charge in [0.15, 0.2) is 0 Å². The van der Waals surface area contributed by atoms with E-state index in [1.165, 1.54) is 6.07 Å². The van der Waals surface area contributed by atoms with Gasteiger partial charge in [0.05, 0.1) is 23.3 Å². The van der Waals surface area contributed by atoms with Crippen LogP contribution in [0.2, 0.25) is 0 Å². The van der Waals surface area contributed by atoms with E-state index in [9.17, 15) is 8.42 Å². The summed E-state index contributed by atoms with van der Waals surface area (Å²) in [6.07, 6.45) is 4.86. The number of aryl methyl sites for hydroxylation is 1. The summed E-state index contributed by atoms with van der Waals surface area (Å²) in [5.74, 6) is 0. The van der Waals surface area contributed by atoms with E-state index in [-0.39, 0.29) is 4.90 Å². The Morgan fingerprint density at radius 2 is 2.00 bits per heavy atom. The fraction of sp³-hybridized carbons (Fsp3) is 0.231.